The van der Waals surface area contributed by atoms with Crippen molar-refractivity contribution in [3.63, 3.8) is 0 Å². The van der Waals surface area contributed by atoms with E-state index in [9.17, 15) is 14.4 Å². The summed E-state index contributed by atoms with van der Waals surface area (Å²) in [6, 6.07) is 1.39. The zero-order valence-corrected chi connectivity index (χ0v) is 14.8. The van der Waals surface area contributed by atoms with Crippen LogP contribution < -0.4 is 16.6 Å². The van der Waals surface area contributed by atoms with Crippen LogP contribution in [0.25, 0.3) is 11.0 Å². The molecule has 1 N–H and O–H groups in total. The van der Waals surface area contributed by atoms with Gasteiger partial charge in [0.2, 0.25) is 0 Å². The van der Waals surface area contributed by atoms with Gasteiger partial charge in [0.1, 0.15) is 5.65 Å². The maximum atomic E-state index is 12.5. The second-order valence-corrected chi connectivity index (χ2v) is 6.59. The fourth-order valence-electron chi connectivity index (χ4n) is 3.32. The number of carbonyl (C=O) groups excluding carboxylic acids is 1. The Morgan fingerprint density at radius 1 is 1.32 bits per heavy atom. The Hall–Kier alpha value is -2.64. The van der Waals surface area contributed by atoms with Crippen LogP contribution in [0.15, 0.2) is 21.9 Å². The molecule has 3 rings (SSSR count). The van der Waals surface area contributed by atoms with Crippen LogP contribution in [0.2, 0.25) is 0 Å². The van der Waals surface area contributed by atoms with E-state index in [2.05, 4.69) is 17.2 Å². The Bertz CT molecular complexity index is 930. The monoisotopic (exact) mass is 345 g/mol. The van der Waals surface area contributed by atoms with E-state index in [4.69, 9.17) is 0 Å². The maximum absolute atomic E-state index is 12.5. The first-order chi connectivity index (χ1) is 11.9. The predicted molar refractivity (Wildman–Crippen MR) is 95.8 cm³/mol. The lowest BCUT2D eigenvalue weighted by molar-refractivity contribution is 0.176. The Balaban J connectivity index is 1.89. The molecule has 8 heteroatoms. The number of pyridine rings is 1. The third-order valence-electron chi connectivity index (χ3n) is 4.93. The van der Waals surface area contributed by atoms with Gasteiger partial charge in [-0.25, -0.2) is 14.6 Å². The maximum Gasteiger partial charge on any atom is 0.332 e. The largest absolute Gasteiger partial charge is 0.332 e. The summed E-state index contributed by atoms with van der Waals surface area (Å²) in [7, 11) is 2.99. The molecular weight excluding hydrogens is 322 g/mol. The number of nitrogens with one attached hydrogen (secondary N) is 1. The lowest BCUT2D eigenvalue weighted by Gasteiger charge is -2.32. The van der Waals surface area contributed by atoms with Gasteiger partial charge in [-0.05, 0) is 24.8 Å². The molecule has 134 valence electrons. The lowest BCUT2D eigenvalue weighted by atomic mass is 9.96. The van der Waals surface area contributed by atoms with Crippen LogP contribution in [0.5, 0.6) is 0 Å². The fourth-order valence-corrected chi connectivity index (χ4v) is 3.32. The highest BCUT2D eigenvalue weighted by atomic mass is 16.2. The SMILES string of the molecule is CCC1CCCN(C(=O)Nc2cnc3c(c2)c(=O)n(C)c(=O)n3C)C1. The first-order valence-corrected chi connectivity index (χ1v) is 8.54. The molecular formula is C17H23N5O3. The van der Waals surface area contributed by atoms with Crippen molar-refractivity contribution in [3.8, 4) is 0 Å². The number of likely N-dealkylation sites (tertiary alicyclic amines) is 1. The summed E-state index contributed by atoms with van der Waals surface area (Å²) in [6.07, 6.45) is 4.69. The summed E-state index contributed by atoms with van der Waals surface area (Å²) in [4.78, 5) is 42.7. The summed E-state index contributed by atoms with van der Waals surface area (Å²) in [6.45, 7) is 3.62. The van der Waals surface area contributed by atoms with Crippen molar-refractivity contribution < 1.29 is 4.79 Å². The molecule has 1 fully saturated rings. The van der Waals surface area contributed by atoms with Gasteiger partial charge in [-0.2, -0.15) is 0 Å². The number of rotatable bonds is 2. The lowest BCUT2D eigenvalue weighted by Crippen LogP contribution is -2.42. The molecule has 3 heterocycles. The van der Waals surface area contributed by atoms with Crippen molar-refractivity contribution in [2.75, 3.05) is 18.4 Å². The molecule has 0 saturated carbocycles. The Morgan fingerprint density at radius 3 is 2.80 bits per heavy atom. The summed E-state index contributed by atoms with van der Waals surface area (Å²) >= 11 is 0. The van der Waals surface area contributed by atoms with Crippen LogP contribution in [0.3, 0.4) is 0 Å². The minimum Gasteiger partial charge on any atom is -0.324 e. The smallest absolute Gasteiger partial charge is 0.324 e. The fraction of sp³-hybridized carbons (Fsp3) is 0.529. The molecule has 2 aromatic rings. The summed E-state index contributed by atoms with van der Waals surface area (Å²) in [5, 5.41) is 3.12. The van der Waals surface area contributed by atoms with Crippen LogP contribution in [0.4, 0.5) is 10.5 Å². The number of aryl methyl sites for hydroxylation is 1. The van der Waals surface area contributed by atoms with Crippen LogP contribution in [0.1, 0.15) is 26.2 Å². The topological polar surface area (TPSA) is 89.2 Å². The zero-order chi connectivity index (χ0) is 18.1. The van der Waals surface area contributed by atoms with Gasteiger partial charge in [-0.1, -0.05) is 13.3 Å². The Morgan fingerprint density at radius 2 is 2.08 bits per heavy atom. The standard InChI is InChI=1S/C17H23N5O3/c1-4-11-6-5-7-22(10-11)16(24)19-12-8-13-14(18-9-12)20(2)17(25)21(3)15(13)23/h8-9,11H,4-7,10H2,1-3H3,(H,19,24). The third-order valence-corrected chi connectivity index (χ3v) is 4.93. The van der Waals surface area contributed by atoms with E-state index < -0.39 is 11.2 Å². The zero-order valence-electron chi connectivity index (χ0n) is 14.8. The predicted octanol–water partition coefficient (Wildman–Crippen LogP) is 1.29. The number of fused-ring (bicyclic) bond motifs is 1. The highest BCUT2D eigenvalue weighted by Gasteiger charge is 2.22. The van der Waals surface area contributed by atoms with Crippen molar-refractivity contribution in [2.45, 2.75) is 26.2 Å². The first kappa shape index (κ1) is 17.2. The number of anilines is 1. The van der Waals surface area contributed by atoms with Gasteiger partial charge < -0.3 is 10.2 Å². The van der Waals surface area contributed by atoms with Crippen molar-refractivity contribution in [2.24, 2.45) is 20.0 Å². The van der Waals surface area contributed by atoms with Crippen LogP contribution in [0, 0.1) is 5.92 Å². The number of hydrogen-bond acceptors (Lipinski definition) is 4. The number of piperidine rings is 1. The van der Waals surface area contributed by atoms with Crippen LogP contribution in [-0.4, -0.2) is 38.1 Å². The van der Waals surface area contributed by atoms with Gasteiger partial charge in [-0.3, -0.25) is 13.9 Å². The number of nitrogens with zero attached hydrogens (tertiary/aromatic N) is 4. The minimum absolute atomic E-state index is 0.180. The first-order valence-electron chi connectivity index (χ1n) is 8.54. The number of hydrogen-bond donors (Lipinski definition) is 1. The normalized spacial score (nSPS) is 17.7. The van der Waals surface area contributed by atoms with Crippen molar-refractivity contribution in [3.05, 3.63) is 33.1 Å². The van der Waals surface area contributed by atoms with E-state index in [1.54, 1.807) is 18.0 Å². The molecule has 1 saturated heterocycles. The molecule has 0 radical (unpaired) electrons. The molecule has 2 amide bonds. The van der Waals surface area contributed by atoms with Crippen LogP contribution in [-0.2, 0) is 14.1 Å². The Labute approximate surface area is 145 Å². The second-order valence-electron chi connectivity index (χ2n) is 6.59. The molecule has 1 aliphatic rings. The molecule has 0 bridgehead atoms. The summed E-state index contributed by atoms with van der Waals surface area (Å²) < 4.78 is 2.35. The van der Waals surface area contributed by atoms with E-state index in [0.717, 1.165) is 36.9 Å². The van der Waals surface area contributed by atoms with Gasteiger partial charge in [0.25, 0.3) is 5.56 Å². The van der Waals surface area contributed by atoms with Gasteiger partial charge in [0.05, 0.1) is 17.3 Å². The minimum atomic E-state index is -0.430. The average molecular weight is 345 g/mol. The molecule has 1 atom stereocenters. The van der Waals surface area contributed by atoms with E-state index in [1.165, 1.54) is 17.8 Å². The Kier molecular flexibility index (Phi) is 4.61. The van der Waals surface area contributed by atoms with Crippen LogP contribution >= 0.6 is 0 Å². The van der Waals surface area contributed by atoms with Gasteiger partial charge >= 0.3 is 11.7 Å². The van der Waals surface area contributed by atoms with Crippen molar-refractivity contribution in [1.29, 1.82) is 0 Å². The van der Waals surface area contributed by atoms with E-state index in [1.807, 2.05) is 0 Å². The molecule has 1 aliphatic heterocycles. The molecule has 0 spiro atoms. The molecule has 1 unspecified atom stereocenters. The number of amides is 2. The van der Waals surface area contributed by atoms with Gasteiger partial charge in [0.15, 0.2) is 0 Å². The average Bonchev–Trinajstić information content (AvgIpc) is 2.64. The van der Waals surface area contributed by atoms with E-state index in [0.29, 0.717) is 22.6 Å². The van der Waals surface area contributed by atoms with Crippen molar-refractivity contribution >= 4 is 22.8 Å². The molecule has 0 aromatic carbocycles. The quantitative estimate of drug-likeness (QED) is 0.888. The summed E-state index contributed by atoms with van der Waals surface area (Å²) in [5.41, 5.74) is -0.103. The van der Waals surface area contributed by atoms with E-state index in [-0.39, 0.29) is 6.03 Å². The van der Waals surface area contributed by atoms with Crippen molar-refractivity contribution in [1.82, 2.24) is 19.0 Å². The van der Waals surface area contributed by atoms with Gasteiger partial charge in [-0.15, -0.1) is 0 Å². The second kappa shape index (κ2) is 6.70. The highest BCUT2D eigenvalue weighted by molar-refractivity contribution is 5.91. The van der Waals surface area contributed by atoms with E-state index >= 15 is 0 Å². The molecule has 8 nitrogen and oxygen atoms in total. The summed E-state index contributed by atoms with van der Waals surface area (Å²) in [5.74, 6) is 0.538. The molecule has 0 aliphatic carbocycles. The number of urea groups is 1. The number of carbonyl (C=O) groups is 1. The molecule has 25 heavy (non-hydrogen) atoms. The van der Waals surface area contributed by atoms with Gasteiger partial charge in [0, 0.05) is 27.2 Å². The highest BCUT2D eigenvalue weighted by Crippen LogP contribution is 2.20. The third kappa shape index (κ3) is 3.16. The number of aromatic nitrogens is 3. The molecule has 2 aromatic heterocycles.